The van der Waals surface area contributed by atoms with Gasteiger partial charge in [-0.25, -0.2) is 0 Å². The third kappa shape index (κ3) is 2.67. The van der Waals surface area contributed by atoms with Crippen molar-refractivity contribution in [3.8, 4) is 0 Å². The van der Waals surface area contributed by atoms with E-state index in [9.17, 15) is 4.79 Å². The fourth-order valence-electron chi connectivity index (χ4n) is 2.06. The lowest BCUT2D eigenvalue weighted by molar-refractivity contribution is -0.139. The van der Waals surface area contributed by atoms with Gasteiger partial charge in [0.2, 0.25) is 0 Å². The average molecular weight is 247 g/mol. The van der Waals surface area contributed by atoms with E-state index < -0.39 is 5.97 Å². The molecule has 0 unspecified atom stereocenters. The van der Waals surface area contributed by atoms with Crippen LogP contribution in [0.1, 0.15) is 31.7 Å². The fraction of sp³-hybridized carbons (Fsp3) is 0.462. The second-order valence-corrected chi connectivity index (χ2v) is 5.46. The number of carboxylic acid groups (broad SMARTS) is 1. The molecular formula is C13H17N3O2. The number of fused-ring (bicyclic) bond motifs is 1. The lowest BCUT2D eigenvalue weighted by atomic mass is 9.85. The minimum Gasteiger partial charge on any atom is -0.481 e. The quantitative estimate of drug-likeness (QED) is 0.898. The smallest absolute Gasteiger partial charge is 0.303 e. The number of aromatic nitrogens is 3. The summed E-state index contributed by atoms with van der Waals surface area (Å²) in [5.41, 5.74) is 1.60. The van der Waals surface area contributed by atoms with E-state index >= 15 is 0 Å². The Hall–Kier alpha value is -1.91. The minimum absolute atomic E-state index is 0.119. The predicted molar refractivity (Wildman–Crippen MR) is 67.5 cm³/mol. The van der Waals surface area contributed by atoms with Gasteiger partial charge in [0, 0.05) is 12.6 Å². The molecule has 0 fully saturated rings. The zero-order valence-electron chi connectivity index (χ0n) is 10.8. The minimum atomic E-state index is -0.787. The molecule has 2 aromatic rings. The van der Waals surface area contributed by atoms with Crippen LogP contribution in [-0.2, 0) is 11.2 Å². The fourth-order valence-corrected chi connectivity index (χ4v) is 2.06. The standard InChI is InChI=1S/C13H17N3O2/c1-9-4-5-16-10(6-9)14-15-11(16)7-13(2,3)8-12(17)18/h4-6H,7-8H2,1-3H3,(H,17,18). The Kier molecular flexibility index (Phi) is 3.07. The van der Waals surface area contributed by atoms with E-state index in [0.29, 0.717) is 6.42 Å². The van der Waals surface area contributed by atoms with Crippen LogP contribution >= 0.6 is 0 Å². The van der Waals surface area contributed by atoms with Crippen molar-refractivity contribution in [3.63, 3.8) is 0 Å². The van der Waals surface area contributed by atoms with Gasteiger partial charge < -0.3 is 5.11 Å². The van der Waals surface area contributed by atoms with Crippen LogP contribution in [0.25, 0.3) is 5.65 Å². The summed E-state index contributed by atoms with van der Waals surface area (Å²) >= 11 is 0. The van der Waals surface area contributed by atoms with E-state index in [1.807, 2.05) is 43.5 Å². The molecule has 0 radical (unpaired) electrons. The van der Waals surface area contributed by atoms with Gasteiger partial charge in [-0.3, -0.25) is 9.20 Å². The molecule has 0 aliphatic heterocycles. The molecule has 0 aliphatic carbocycles. The Morgan fingerprint density at radius 1 is 1.44 bits per heavy atom. The zero-order chi connectivity index (χ0) is 13.3. The van der Waals surface area contributed by atoms with Crippen LogP contribution in [-0.4, -0.2) is 25.7 Å². The lowest BCUT2D eigenvalue weighted by Crippen LogP contribution is -2.21. The van der Waals surface area contributed by atoms with Gasteiger partial charge in [0.1, 0.15) is 5.82 Å². The number of hydrogen-bond donors (Lipinski definition) is 1. The molecule has 0 aliphatic rings. The number of carboxylic acids is 1. The van der Waals surface area contributed by atoms with Crippen molar-refractivity contribution in [1.29, 1.82) is 0 Å². The van der Waals surface area contributed by atoms with E-state index in [1.54, 1.807) is 0 Å². The monoisotopic (exact) mass is 247 g/mol. The van der Waals surface area contributed by atoms with Crippen LogP contribution < -0.4 is 0 Å². The molecule has 1 N–H and O–H groups in total. The van der Waals surface area contributed by atoms with Gasteiger partial charge in [0.05, 0.1) is 6.42 Å². The topological polar surface area (TPSA) is 67.5 Å². The molecule has 2 rings (SSSR count). The summed E-state index contributed by atoms with van der Waals surface area (Å²) < 4.78 is 1.91. The molecular weight excluding hydrogens is 230 g/mol. The summed E-state index contributed by atoms with van der Waals surface area (Å²) in [7, 11) is 0. The maximum atomic E-state index is 10.8. The molecule has 0 saturated heterocycles. The number of hydrogen-bond acceptors (Lipinski definition) is 3. The molecule has 0 atom stereocenters. The maximum absolute atomic E-state index is 10.8. The number of aryl methyl sites for hydroxylation is 1. The van der Waals surface area contributed by atoms with Gasteiger partial charge in [0.25, 0.3) is 0 Å². The maximum Gasteiger partial charge on any atom is 0.303 e. The van der Waals surface area contributed by atoms with Gasteiger partial charge in [-0.05, 0) is 30.0 Å². The summed E-state index contributed by atoms with van der Waals surface area (Å²) in [6, 6.07) is 3.95. The van der Waals surface area contributed by atoms with Crippen molar-refractivity contribution in [3.05, 3.63) is 29.7 Å². The molecule has 0 aromatic carbocycles. The summed E-state index contributed by atoms with van der Waals surface area (Å²) in [5, 5.41) is 17.1. The Morgan fingerprint density at radius 2 is 2.17 bits per heavy atom. The number of nitrogens with zero attached hydrogens (tertiary/aromatic N) is 3. The molecule has 5 nitrogen and oxygen atoms in total. The summed E-state index contributed by atoms with van der Waals surface area (Å²) in [4.78, 5) is 10.8. The summed E-state index contributed by atoms with van der Waals surface area (Å²) in [5.74, 6) is 0.0147. The Morgan fingerprint density at radius 3 is 2.83 bits per heavy atom. The number of carbonyl (C=O) groups is 1. The number of aliphatic carboxylic acids is 1. The van der Waals surface area contributed by atoms with Gasteiger partial charge in [-0.1, -0.05) is 13.8 Å². The first-order chi connectivity index (χ1) is 8.37. The highest BCUT2D eigenvalue weighted by atomic mass is 16.4. The van der Waals surface area contributed by atoms with Gasteiger partial charge in [-0.15, -0.1) is 10.2 Å². The van der Waals surface area contributed by atoms with Crippen LogP contribution in [0.5, 0.6) is 0 Å². The van der Waals surface area contributed by atoms with E-state index in [1.165, 1.54) is 0 Å². The highest BCUT2D eigenvalue weighted by Crippen LogP contribution is 2.25. The van der Waals surface area contributed by atoms with Crippen LogP contribution in [0.15, 0.2) is 18.3 Å². The third-order valence-corrected chi connectivity index (χ3v) is 2.90. The average Bonchev–Trinajstić information content (AvgIpc) is 2.57. The van der Waals surface area contributed by atoms with Crippen molar-refractivity contribution in [1.82, 2.24) is 14.6 Å². The molecule has 18 heavy (non-hydrogen) atoms. The predicted octanol–water partition coefficient (Wildman–Crippen LogP) is 2.08. The highest BCUT2D eigenvalue weighted by molar-refractivity contribution is 5.67. The first kappa shape index (κ1) is 12.5. The van der Waals surface area contributed by atoms with Crippen molar-refractivity contribution in [2.45, 2.75) is 33.6 Å². The zero-order valence-corrected chi connectivity index (χ0v) is 10.8. The Bertz CT molecular complexity index is 587. The van der Waals surface area contributed by atoms with Gasteiger partial charge >= 0.3 is 5.97 Å². The number of pyridine rings is 1. The Balaban J connectivity index is 2.29. The highest BCUT2D eigenvalue weighted by Gasteiger charge is 2.24. The van der Waals surface area contributed by atoms with E-state index in [-0.39, 0.29) is 11.8 Å². The normalized spacial score (nSPS) is 11.9. The molecule has 0 amide bonds. The van der Waals surface area contributed by atoms with Crippen molar-refractivity contribution in [2.24, 2.45) is 5.41 Å². The van der Waals surface area contributed by atoms with Gasteiger partial charge in [0.15, 0.2) is 5.65 Å². The third-order valence-electron chi connectivity index (χ3n) is 2.90. The van der Waals surface area contributed by atoms with E-state index in [0.717, 1.165) is 17.0 Å². The molecule has 5 heteroatoms. The molecule has 0 spiro atoms. The number of rotatable bonds is 4. The van der Waals surface area contributed by atoms with Crippen LogP contribution in [0.2, 0.25) is 0 Å². The first-order valence-corrected chi connectivity index (χ1v) is 5.89. The second kappa shape index (κ2) is 4.40. The van der Waals surface area contributed by atoms with E-state index in [4.69, 9.17) is 5.11 Å². The molecule has 96 valence electrons. The Labute approximate surface area is 105 Å². The second-order valence-electron chi connectivity index (χ2n) is 5.46. The summed E-state index contributed by atoms with van der Waals surface area (Å²) in [6.45, 7) is 5.86. The van der Waals surface area contributed by atoms with Crippen LogP contribution in [0.4, 0.5) is 0 Å². The molecule has 2 aromatic heterocycles. The molecule has 2 heterocycles. The molecule has 0 bridgehead atoms. The van der Waals surface area contributed by atoms with E-state index in [2.05, 4.69) is 10.2 Å². The van der Waals surface area contributed by atoms with Crippen molar-refractivity contribution < 1.29 is 9.90 Å². The van der Waals surface area contributed by atoms with Crippen LogP contribution in [0, 0.1) is 12.3 Å². The van der Waals surface area contributed by atoms with Crippen molar-refractivity contribution in [2.75, 3.05) is 0 Å². The van der Waals surface area contributed by atoms with Gasteiger partial charge in [-0.2, -0.15) is 0 Å². The first-order valence-electron chi connectivity index (χ1n) is 5.89. The summed E-state index contributed by atoms with van der Waals surface area (Å²) in [6.07, 6.45) is 2.63. The lowest BCUT2D eigenvalue weighted by Gasteiger charge is -2.20. The largest absolute Gasteiger partial charge is 0.481 e. The van der Waals surface area contributed by atoms with Crippen molar-refractivity contribution >= 4 is 11.6 Å². The molecule has 0 saturated carbocycles. The van der Waals surface area contributed by atoms with Crippen LogP contribution in [0.3, 0.4) is 0 Å². The SMILES string of the molecule is Cc1ccn2c(CC(C)(C)CC(=O)O)nnc2c1.